The third-order valence-corrected chi connectivity index (χ3v) is 5.60. The lowest BCUT2D eigenvalue weighted by Crippen LogP contribution is -2.29. The second-order valence-corrected chi connectivity index (χ2v) is 7.24. The highest BCUT2D eigenvalue weighted by molar-refractivity contribution is 5.67. The predicted octanol–water partition coefficient (Wildman–Crippen LogP) is 5.33. The molecular formula is C24H29NO3. The molecule has 0 saturated carbocycles. The van der Waals surface area contributed by atoms with Crippen LogP contribution in [0.5, 0.6) is 11.5 Å². The molecule has 1 aliphatic heterocycles. The van der Waals surface area contributed by atoms with E-state index in [1.54, 1.807) is 0 Å². The number of allylic oxidation sites excluding steroid dienone is 2. The molecular weight excluding hydrogens is 350 g/mol. The van der Waals surface area contributed by atoms with Crippen LogP contribution in [0, 0.1) is 5.92 Å². The van der Waals surface area contributed by atoms with Crippen molar-refractivity contribution in [1.29, 1.82) is 0 Å². The average molecular weight is 380 g/mol. The van der Waals surface area contributed by atoms with E-state index in [4.69, 9.17) is 14.2 Å². The highest BCUT2D eigenvalue weighted by Gasteiger charge is 2.38. The molecule has 0 aromatic heterocycles. The lowest BCUT2D eigenvalue weighted by Gasteiger charge is -2.38. The van der Waals surface area contributed by atoms with Gasteiger partial charge in [-0.25, -0.2) is 0 Å². The summed E-state index contributed by atoms with van der Waals surface area (Å²) >= 11 is 0. The fourth-order valence-corrected chi connectivity index (χ4v) is 4.34. The Morgan fingerprint density at radius 2 is 1.82 bits per heavy atom. The van der Waals surface area contributed by atoms with Crippen molar-refractivity contribution >= 4 is 5.69 Å². The molecule has 3 unspecified atom stereocenters. The Kier molecular flexibility index (Phi) is 5.87. The first-order chi connectivity index (χ1) is 13.8. The summed E-state index contributed by atoms with van der Waals surface area (Å²) in [6.45, 7) is 6.57. The summed E-state index contributed by atoms with van der Waals surface area (Å²) < 4.78 is 17.1. The van der Waals surface area contributed by atoms with Crippen LogP contribution >= 0.6 is 0 Å². The van der Waals surface area contributed by atoms with E-state index in [1.165, 1.54) is 11.1 Å². The van der Waals surface area contributed by atoms with Gasteiger partial charge in [-0.2, -0.15) is 0 Å². The van der Waals surface area contributed by atoms with E-state index >= 15 is 0 Å². The minimum Gasteiger partial charge on any atom is -0.494 e. The van der Waals surface area contributed by atoms with E-state index in [9.17, 15) is 0 Å². The Labute approximate surface area is 167 Å². The van der Waals surface area contributed by atoms with E-state index in [2.05, 4.69) is 53.9 Å². The average Bonchev–Trinajstić information content (AvgIpc) is 3.22. The molecule has 0 radical (unpaired) electrons. The minimum atomic E-state index is 0.250. The van der Waals surface area contributed by atoms with Gasteiger partial charge in [-0.1, -0.05) is 36.4 Å². The fourth-order valence-electron chi connectivity index (χ4n) is 4.34. The number of hydrogen-bond donors (Lipinski definition) is 1. The molecule has 4 heteroatoms. The van der Waals surface area contributed by atoms with Gasteiger partial charge < -0.3 is 19.5 Å². The lowest BCUT2D eigenvalue weighted by molar-refractivity contribution is 0.110. The molecule has 148 valence electrons. The maximum Gasteiger partial charge on any atom is 0.142 e. The van der Waals surface area contributed by atoms with Gasteiger partial charge in [-0.15, -0.1) is 0 Å². The normalized spacial score (nSPS) is 22.3. The molecule has 1 aliphatic carbocycles. The molecule has 0 amide bonds. The number of hydrogen-bond acceptors (Lipinski definition) is 4. The van der Waals surface area contributed by atoms with Crippen LogP contribution < -0.4 is 14.8 Å². The molecule has 1 N–H and O–H groups in total. The SMILES string of the molecule is CCOCCOc1cccc2c1NC(c1ccc(OCC)cc1)C1CC=CC21. The zero-order chi connectivity index (χ0) is 19.3. The summed E-state index contributed by atoms with van der Waals surface area (Å²) in [4.78, 5) is 0. The Morgan fingerprint density at radius 1 is 0.964 bits per heavy atom. The van der Waals surface area contributed by atoms with Crippen molar-refractivity contribution in [3.05, 3.63) is 65.7 Å². The molecule has 28 heavy (non-hydrogen) atoms. The Bertz CT molecular complexity index is 815. The van der Waals surface area contributed by atoms with Crippen LogP contribution in [0.4, 0.5) is 5.69 Å². The first kappa shape index (κ1) is 18.9. The minimum absolute atomic E-state index is 0.250. The van der Waals surface area contributed by atoms with Gasteiger partial charge in [0.15, 0.2) is 0 Å². The van der Waals surface area contributed by atoms with E-state index in [0.29, 0.717) is 38.3 Å². The zero-order valence-electron chi connectivity index (χ0n) is 16.7. The third-order valence-electron chi connectivity index (χ3n) is 5.60. The van der Waals surface area contributed by atoms with Crippen LogP contribution in [0.3, 0.4) is 0 Å². The topological polar surface area (TPSA) is 39.7 Å². The largest absolute Gasteiger partial charge is 0.494 e. The first-order valence-corrected chi connectivity index (χ1v) is 10.3. The van der Waals surface area contributed by atoms with E-state index in [0.717, 1.165) is 23.6 Å². The zero-order valence-corrected chi connectivity index (χ0v) is 16.7. The summed E-state index contributed by atoms with van der Waals surface area (Å²) in [6, 6.07) is 15.1. The molecule has 2 aliphatic rings. The monoisotopic (exact) mass is 379 g/mol. The van der Waals surface area contributed by atoms with Gasteiger partial charge in [0.2, 0.25) is 0 Å². The second-order valence-electron chi connectivity index (χ2n) is 7.24. The number of fused-ring (bicyclic) bond motifs is 3. The standard InChI is InChI=1S/C24H29NO3/c1-3-26-15-16-28-22-10-6-9-21-19-7-5-8-20(19)23(25-24(21)22)17-11-13-18(14-12-17)27-4-2/h5-7,9-14,19-20,23,25H,3-4,8,15-16H2,1-2H3. The van der Waals surface area contributed by atoms with Gasteiger partial charge in [0.25, 0.3) is 0 Å². The van der Waals surface area contributed by atoms with Gasteiger partial charge >= 0.3 is 0 Å². The van der Waals surface area contributed by atoms with Crippen molar-refractivity contribution in [2.75, 3.05) is 31.7 Å². The number of nitrogens with one attached hydrogen (secondary N) is 1. The maximum absolute atomic E-state index is 6.06. The van der Waals surface area contributed by atoms with Crippen LogP contribution in [0.1, 0.15) is 43.4 Å². The van der Waals surface area contributed by atoms with E-state index in [-0.39, 0.29) is 6.04 Å². The fraction of sp³-hybridized carbons (Fsp3) is 0.417. The molecule has 2 aromatic carbocycles. The predicted molar refractivity (Wildman–Crippen MR) is 112 cm³/mol. The third kappa shape index (κ3) is 3.74. The second kappa shape index (κ2) is 8.70. The van der Waals surface area contributed by atoms with Gasteiger partial charge in [0, 0.05) is 12.5 Å². The molecule has 4 rings (SSSR count). The quantitative estimate of drug-likeness (QED) is 0.497. The molecule has 4 nitrogen and oxygen atoms in total. The summed E-state index contributed by atoms with van der Waals surface area (Å²) in [5.74, 6) is 2.77. The lowest BCUT2D eigenvalue weighted by atomic mass is 9.77. The van der Waals surface area contributed by atoms with Crippen molar-refractivity contribution in [3.8, 4) is 11.5 Å². The molecule has 0 saturated heterocycles. The molecule has 0 fully saturated rings. The highest BCUT2D eigenvalue weighted by atomic mass is 16.5. The first-order valence-electron chi connectivity index (χ1n) is 10.3. The van der Waals surface area contributed by atoms with Crippen molar-refractivity contribution in [2.45, 2.75) is 32.2 Å². The maximum atomic E-state index is 6.06. The van der Waals surface area contributed by atoms with Gasteiger partial charge in [-0.05, 0) is 55.5 Å². The summed E-state index contributed by atoms with van der Waals surface area (Å²) in [5.41, 5.74) is 3.73. The Morgan fingerprint density at radius 3 is 2.61 bits per heavy atom. The van der Waals surface area contributed by atoms with Gasteiger partial charge in [0.1, 0.15) is 18.1 Å². The number of benzene rings is 2. The van der Waals surface area contributed by atoms with Crippen molar-refractivity contribution in [1.82, 2.24) is 0 Å². The molecule has 1 heterocycles. The van der Waals surface area contributed by atoms with Crippen LogP contribution in [-0.4, -0.2) is 26.4 Å². The number of anilines is 1. The van der Waals surface area contributed by atoms with Crippen LogP contribution in [0.15, 0.2) is 54.6 Å². The molecule has 0 spiro atoms. The van der Waals surface area contributed by atoms with Gasteiger partial charge in [0.05, 0.1) is 24.9 Å². The van der Waals surface area contributed by atoms with E-state index < -0.39 is 0 Å². The number of rotatable bonds is 8. The van der Waals surface area contributed by atoms with Crippen LogP contribution in [-0.2, 0) is 4.74 Å². The molecule has 2 aromatic rings. The van der Waals surface area contributed by atoms with Crippen LogP contribution in [0.25, 0.3) is 0 Å². The van der Waals surface area contributed by atoms with Crippen molar-refractivity contribution in [2.24, 2.45) is 5.92 Å². The molecule has 0 bridgehead atoms. The van der Waals surface area contributed by atoms with Crippen molar-refractivity contribution in [3.63, 3.8) is 0 Å². The smallest absolute Gasteiger partial charge is 0.142 e. The Balaban J connectivity index is 1.61. The highest BCUT2D eigenvalue weighted by Crippen LogP contribution is 2.52. The Hall–Kier alpha value is -2.46. The number of ether oxygens (including phenoxy) is 3. The number of para-hydroxylation sites is 1. The summed E-state index contributed by atoms with van der Waals surface area (Å²) in [7, 11) is 0. The van der Waals surface area contributed by atoms with Crippen molar-refractivity contribution < 1.29 is 14.2 Å². The van der Waals surface area contributed by atoms with Crippen LogP contribution in [0.2, 0.25) is 0 Å². The summed E-state index contributed by atoms with van der Waals surface area (Å²) in [5, 5.41) is 3.80. The van der Waals surface area contributed by atoms with E-state index in [1.807, 2.05) is 19.9 Å². The summed E-state index contributed by atoms with van der Waals surface area (Å²) in [6.07, 6.45) is 5.76. The molecule has 3 atom stereocenters. The van der Waals surface area contributed by atoms with Gasteiger partial charge in [-0.3, -0.25) is 0 Å².